The molecule has 160 valence electrons. The van der Waals surface area contributed by atoms with Gasteiger partial charge in [0.05, 0.1) is 18.2 Å². The van der Waals surface area contributed by atoms with Crippen molar-refractivity contribution in [2.45, 2.75) is 17.9 Å². The summed E-state index contributed by atoms with van der Waals surface area (Å²) in [5, 5.41) is 5.32. The van der Waals surface area contributed by atoms with E-state index in [4.69, 9.17) is 14.7 Å². The molecule has 1 aromatic carbocycles. The topological polar surface area (TPSA) is 98.1 Å². The first-order chi connectivity index (χ1) is 15.1. The van der Waals surface area contributed by atoms with E-state index in [0.29, 0.717) is 36.1 Å². The lowest BCUT2D eigenvalue weighted by molar-refractivity contribution is 0.0526. The van der Waals surface area contributed by atoms with Crippen molar-refractivity contribution in [3.63, 3.8) is 0 Å². The molecule has 0 saturated carbocycles. The van der Waals surface area contributed by atoms with Gasteiger partial charge in [-0.2, -0.15) is 9.97 Å². The van der Waals surface area contributed by atoms with Crippen LogP contribution < -0.4 is 10.2 Å². The van der Waals surface area contributed by atoms with Gasteiger partial charge in [0.25, 0.3) is 0 Å². The monoisotopic (exact) mass is 455 g/mol. The maximum Gasteiger partial charge on any atom is 0.229 e. The van der Waals surface area contributed by atoms with Crippen molar-refractivity contribution in [3.8, 4) is 5.82 Å². The molecule has 1 aliphatic heterocycles. The molecular weight excluding hydrogens is 434 g/mol. The Morgan fingerprint density at radius 2 is 2.06 bits per heavy atom. The predicted octanol–water partition coefficient (Wildman–Crippen LogP) is 2.98. The van der Waals surface area contributed by atoms with Gasteiger partial charge in [-0.05, 0) is 31.2 Å². The maximum atomic E-state index is 11.7. The summed E-state index contributed by atoms with van der Waals surface area (Å²) in [6.45, 7) is 4.11. The number of ether oxygens (including phenoxy) is 1. The molecule has 1 aliphatic rings. The summed E-state index contributed by atoms with van der Waals surface area (Å²) in [4.78, 5) is 21.5. The molecule has 5 rings (SSSR count). The number of nitrogens with zero attached hydrogens (tertiary/aromatic N) is 6. The minimum Gasteiger partial charge on any atom is -0.375 e. The predicted molar refractivity (Wildman–Crippen MR) is 122 cm³/mol. The Morgan fingerprint density at radius 3 is 2.77 bits per heavy atom. The molecule has 0 aliphatic carbocycles. The third kappa shape index (κ3) is 4.03. The number of rotatable bonds is 5. The lowest BCUT2D eigenvalue weighted by Gasteiger charge is -2.31. The normalized spacial score (nSPS) is 17.7. The molecule has 0 radical (unpaired) electrons. The summed E-state index contributed by atoms with van der Waals surface area (Å²) in [5.41, 5.74) is 3.95. The van der Waals surface area contributed by atoms with E-state index in [9.17, 15) is 4.21 Å². The summed E-state index contributed by atoms with van der Waals surface area (Å²) in [5.74, 6) is 2.00. The molecule has 4 aromatic rings. The van der Waals surface area contributed by atoms with Crippen LogP contribution in [0.3, 0.4) is 0 Å². The Bertz CT molecular complexity index is 1220. The molecule has 1 N–H and O–H groups in total. The quantitative estimate of drug-likeness (QED) is 0.490. The number of anilines is 3. The van der Waals surface area contributed by atoms with Crippen LogP contribution in [0.15, 0.2) is 46.4 Å². The van der Waals surface area contributed by atoms with E-state index in [1.54, 1.807) is 18.1 Å². The van der Waals surface area contributed by atoms with Crippen LogP contribution in [-0.4, -0.2) is 60.8 Å². The first-order valence-electron chi connectivity index (χ1n) is 9.79. The zero-order valence-corrected chi connectivity index (χ0v) is 18.7. The second kappa shape index (κ2) is 8.33. The molecule has 2 atom stereocenters. The van der Waals surface area contributed by atoms with Gasteiger partial charge < -0.3 is 15.0 Å². The van der Waals surface area contributed by atoms with Gasteiger partial charge in [0, 0.05) is 46.1 Å². The molecule has 0 spiro atoms. The first-order valence-corrected chi connectivity index (χ1v) is 12.3. The lowest BCUT2D eigenvalue weighted by atomic mass is 10.3. The minimum absolute atomic E-state index is 0.107. The summed E-state index contributed by atoms with van der Waals surface area (Å²) in [6.07, 6.45) is 3.49. The highest BCUT2D eigenvalue weighted by Crippen LogP contribution is 2.28. The van der Waals surface area contributed by atoms with Crippen molar-refractivity contribution < 1.29 is 8.95 Å². The Morgan fingerprint density at radius 1 is 1.23 bits per heavy atom. The van der Waals surface area contributed by atoms with Gasteiger partial charge in [-0.1, -0.05) is 0 Å². The summed E-state index contributed by atoms with van der Waals surface area (Å²) < 4.78 is 19.2. The fraction of sp³-hybridized carbons (Fsp3) is 0.300. The number of hydrogen-bond acceptors (Lipinski definition) is 9. The number of morpholine rings is 1. The Labute approximate surface area is 185 Å². The largest absolute Gasteiger partial charge is 0.375 e. The van der Waals surface area contributed by atoms with Crippen molar-refractivity contribution in [3.05, 3.63) is 41.5 Å². The van der Waals surface area contributed by atoms with Crippen LogP contribution in [0, 0.1) is 0 Å². The number of nitrogens with one attached hydrogen (secondary N) is 1. The Balaban J connectivity index is 1.59. The van der Waals surface area contributed by atoms with Crippen molar-refractivity contribution >= 4 is 50.8 Å². The zero-order valence-electron chi connectivity index (χ0n) is 17.1. The van der Waals surface area contributed by atoms with Crippen LogP contribution in [0.25, 0.3) is 17.0 Å². The lowest BCUT2D eigenvalue weighted by Crippen LogP contribution is -2.42. The van der Waals surface area contributed by atoms with E-state index in [1.165, 1.54) is 11.3 Å². The third-order valence-electron chi connectivity index (χ3n) is 5.02. The highest BCUT2D eigenvalue weighted by molar-refractivity contribution is 7.84. The molecule has 31 heavy (non-hydrogen) atoms. The number of imidazole rings is 1. The molecule has 1 saturated heterocycles. The smallest absolute Gasteiger partial charge is 0.229 e. The van der Waals surface area contributed by atoms with E-state index >= 15 is 0 Å². The number of thiazole rings is 1. The first kappa shape index (κ1) is 20.0. The number of aromatic nitrogens is 5. The molecule has 4 heterocycles. The zero-order chi connectivity index (χ0) is 21.4. The standard InChI is InChI=1S/C20H21N7O2S2/c1-13-9-26(7-8-29-13)20-24-18(23-14-3-5-15(6-4-14)31(2)28)17-19(25-20)27(11-21-17)16-10-30-12-22-16/h3-6,10-13H,7-9H2,1-2H3,(H,23,24,25)/t13-,31?/m1/s1. The molecular formula is C20H21N7O2S2. The van der Waals surface area contributed by atoms with Gasteiger partial charge in [0.15, 0.2) is 22.8 Å². The van der Waals surface area contributed by atoms with E-state index in [1.807, 2.05) is 41.1 Å². The van der Waals surface area contributed by atoms with E-state index in [0.717, 1.165) is 22.9 Å². The second-order valence-corrected chi connectivity index (χ2v) is 9.33. The molecule has 1 fully saturated rings. The third-order valence-corrected chi connectivity index (χ3v) is 6.53. The van der Waals surface area contributed by atoms with E-state index in [2.05, 4.69) is 20.2 Å². The Kier molecular flexibility index (Phi) is 5.38. The maximum absolute atomic E-state index is 11.7. The van der Waals surface area contributed by atoms with Gasteiger partial charge in [-0.25, -0.2) is 9.97 Å². The van der Waals surface area contributed by atoms with E-state index in [-0.39, 0.29) is 6.10 Å². The van der Waals surface area contributed by atoms with Crippen molar-refractivity contribution in [2.24, 2.45) is 0 Å². The summed E-state index contributed by atoms with van der Waals surface area (Å²) in [6, 6.07) is 7.46. The van der Waals surface area contributed by atoms with Gasteiger partial charge in [0.1, 0.15) is 6.33 Å². The summed E-state index contributed by atoms with van der Waals surface area (Å²) >= 11 is 1.52. The van der Waals surface area contributed by atoms with Crippen LogP contribution in [0.2, 0.25) is 0 Å². The van der Waals surface area contributed by atoms with Crippen molar-refractivity contribution in [1.82, 2.24) is 24.5 Å². The minimum atomic E-state index is -1.02. The molecule has 11 heteroatoms. The van der Waals surface area contributed by atoms with Crippen LogP contribution >= 0.6 is 11.3 Å². The highest BCUT2D eigenvalue weighted by atomic mass is 32.2. The average molecular weight is 456 g/mol. The van der Waals surface area contributed by atoms with Crippen molar-refractivity contribution in [1.29, 1.82) is 0 Å². The van der Waals surface area contributed by atoms with Gasteiger partial charge in [-0.3, -0.25) is 8.78 Å². The van der Waals surface area contributed by atoms with E-state index < -0.39 is 10.8 Å². The van der Waals surface area contributed by atoms with Crippen LogP contribution in [-0.2, 0) is 15.5 Å². The number of benzene rings is 1. The number of fused-ring (bicyclic) bond motifs is 1. The van der Waals surface area contributed by atoms with Crippen LogP contribution in [0.5, 0.6) is 0 Å². The van der Waals surface area contributed by atoms with Gasteiger partial charge in [0.2, 0.25) is 5.95 Å². The highest BCUT2D eigenvalue weighted by Gasteiger charge is 2.23. The fourth-order valence-corrected chi connectivity index (χ4v) is 4.52. The number of hydrogen-bond donors (Lipinski definition) is 1. The Hall–Kier alpha value is -2.89. The van der Waals surface area contributed by atoms with Crippen LogP contribution in [0.1, 0.15) is 6.92 Å². The SMILES string of the molecule is C[C@@H]1CN(c2nc(Nc3ccc(S(C)=O)cc3)c3ncn(-c4cscn4)c3n2)CCO1. The molecule has 9 nitrogen and oxygen atoms in total. The average Bonchev–Trinajstić information content (AvgIpc) is 3.44. The van der Waals surface area contributed by atoms with Crippen LogP contribution in [0.4, 0.5) is 17.5 Å². The van der Waals surface area contributed by atoms with Gasteiger partial charge in [-0.15, -0.1) is 11.3 Å². The van der Waals surface area contributed by atoms with Gasteiger partial charge >= 0.3 is 0 Å². The molecule has 0 bridgehead atoms. The van der Waals surface area contributed by atoms with Crippen molar-refractivity contribution in [2.75, 3.05) is 36.2 Å². The fourth-order valence-electron chi connectivity index (χ4n) is 3.48. The molecule has 3 aromatic heterocycles. The molecule has 0 amide bonds. The molecule has 1 unspecified atom stereocenters. The second-order valence-electron chi connectivity index (χ2n) is 7.24. The summed E-state index contributed by atoms with van der Waals surface area (Å²) in [7, 11) is -1.02.